The van der Waals surface area contributed by atoms with Gasteiger partial charge in [0, 0.05) is 0 Å². The van der Waals surface area contributed by atoms with E-state index in [4.69, 9.17) is 4.74 Å². The summed E-state index contributed by atoms with van der Waals surface area (Å²) in [6, 6.07) is 20.0. The van der Waals surface area contributed by atoms with Gasteiger partial charge in [0.2, 0.25) is 0 Å². The molecule has 174 valence electrons. The fraction of sp³-hybridized carbons (Fsp3) is 0.172. The van der Waals surface area contributed by atoms with Crippen LogP contribution in [0.3, 0.4) is 0 Å². The van der Waals surface area contributed by atoms with Crippen molar-refractivity contribution in [2.75, 3.05) is 0 Å². The first kappa shape index (κ1) is 23.6. The van der Waals surface area contributed by atoms with Gasteiger partial charge in [-0.05, 0) is 47.7 Å². The average molecular weight is 465 g/mol. The predicted octanol–water partition coefficient (Wildman–Crippen LogP) is 8.42. The van der Waals surface area contributed by atoms with Crippen LogP contribution in [0.1, 0.15) is 30.0 Å². The summed E-state index contributed by atoms with van der Waals surface area (Å²) in [7, 11) is 0. The van der Waals surface area contributed by atoms with Crippen molar-refractivity contribution in [2.24, 2.45) is 0 Å². The number of ether oxygens (including phenoxy) is 1. The molecule has 4 aromatic carbocycles. The largest absolute Gasteiger partial charge is 0.489 e. The van der Waals surface area contributed by atoms with E-state index in [1.54, 1.807) is 12.1 Å². The van der Waals surface area contributed by atoms with Gasteiger partial charge in [-0.15, -0.1) is 0 Å². The van der Waals surface area contributed by atoms with Gasteiger partial charge < -0.3 is 4.74 Å². The van der Waals surface area contributed by atoms with Gasteiger partial charge in [0.15, 0.2) is 23.3 Å². The number of aryl methyl sites for hydroxylation is 2. The van der Waals surface area contributed by atoms with Crippen LogP contribution in [0.25, 0.3) is 22.3 Å². The Bertz CT molecular complexity index is 1250. The average Bonchev–Trinajstić information content (AvgIpc) is 2.85. The van der Waals surface area contributed by atoms with Gasteiger partial charge in [0.05, 0.1) is 11.1 Å². The van der Waals surface area contributed by atoms with E-state index in [1.807, 2.05) is 38.1 Å². The SMILES string of the molecule is CCCc1ccc(-c2c(F)c(F)c(-c3ccc(OCc4ccc(C)cc4)cc3)c(F)c2F)cc1. The molecule has 5 heteroatoms. The smallest absolute Gasteiger partial charge is 0.170 e. The summed E-state index contributed by atoms with van der Waals surface area (Å²) in [5.41, 5.74) is 1.73. The molecule has 0 heterocycles. The number of halogens is 4. The standard InChI is InChI=1S/C29H24F4O/c1-3-4-19-9-11-21(12-10-19)24-26(30)28(32)25(29(33)27(24)31)22-13-15-23(16-14-22)34-17-20-7-5-18(2)6-8-20/h5-16H,3-4,17H2,1-2H3. The lowest BCUT2D eigenvalue weighted by Crippen LogP contribution is -2.03. The number of hydrogen-bond acceptors (Lipinski definition) is 1. The Morgan fingerprint density at radius 1 is 0.588 bits per heavy atom. The first-order chi connectivity index (χ1) is 16.4. The second kappa shape index (κ2) is 10.1. The zero-order chi connectivity index (χ0) is 24.2. The first-order valence-electron chi connectivity index (χ1n) is 11.1. The minimum atomic E-state index is -1.43. The van der Waals surface area contributed by atoms with Crippen molar-refractivity contribution in [3.8, 4) is 28.0 Å². The first-order valence-corrected chi connectivity index (χ1v) is 11.1. The lowest BCUT2D eigenvalue weighted by molar-refractivity contribution is 0.306. The molecule has 0 aliphatic rings. The van der Waals surface area contributed by atoms with Crippen LogP contribution in [0, 0.1) is 30.2 Å². The third-order valence-corrected chi connectivity index (χ3v) is 5.71. The number of rotatable bonds is 7. The predicted molar refractivity (Wildman–Crippen MR) is 127 cm³/mol. The minimum absolute atomic E-state index is 0.0142. The van der Waals surface area contributed by atoms with Gasteiger partial charge in [-0.25, -0.2) is 17.6 Å². The Balaban J connectivity index is 1.61. The van der Waals surface area contributed by atoms with E-state index in [0.717, 1.165) is 29.5 Å². The van der Waals surface area contributed by atoms with Crippen LogP contribution < -0.4 is 4.74 Å². The lowest BCUT2D eigenvalue weighted by atomic mass is 9.96. The summed E-state index contributed by atoms with van der Waals surface area (Å²) >= 11 is 0. The second-order valence-electron chi connectivity index (χ2n) is 8.25. The molecule has 0 atom stereocenters. The highest BCUT2D eigenvalue weighted by atomic mass is 19.2. The van der Waals surface area contributed by atoms with Crippen molar-refractivity contribution in [1.82, 2.24) is 0 Å². The molecular formula is C29H24F4O. The van der Waals surface area contributed by atoms with Gasteiger partial charge in [-0.3, -0.25) is 0 Å². The van der Waals surface area contributed by atoms with Gasteiger partial charge in [-0.1, -0.05) is 79.6 Å². The summed E-state index contributed by atoms with van der Waals surface area (Å²) in [5, 5.41) is 0. The Labute approximate surface area is 196 Å². The minimum Gasteiger partial charge on any atom is -0.489 e. The van der Waals surface area contributed by atoms with Crippen LogP contribution in [0.2, 0.25) is 0 Å². The summed E-state index contributed by atoms with van der Waals surface area (Å²) in [6.45, 7) is 4.32. The molecule has 0 aliphatic heterocycles. The molecule has 0 saturated carbocycles. The summed E-state index contributed by atoms with van der Waals surface area (Å²) in [4.78, 5) is 0. The highest BCUT2D eigenvalue weighted by Crippen LogP contribution is 2.37. The number of hydrogen-bond donors (Lipinski definition) is 0. The molecular weight excluding hydrogens is 440 g/mol. The molecule has 0 fully saturated rings. The van der Waals surface area contributed by atoms with E-state index in [0.29, 0.717) is 12.4 Å². The number of benzene rings is 4. The molecule has 0 bridgehead atoms. The van der Waals surface area contributed by atoms with E-state index in [-0.39, 0.29) is 11.1 Å². The monoisotopic (exact) mass is 464 g/mol. The summed E-state index contributed by atoms with van der Waals surface area (Å²) < 4.78 is 65.5. The molecule has 1 nitrogen and oxygen atoms in total. The van der Waals surface area contributed by atoms with Gasteiger partial charge >= 0.3 is 0 Å². The van der Waals surface area contributed by atoms with Crippen LogP contribution >= 0.6 is 0 Å². The Hall–Kier alpha value is -3.60. The van der Waals surface area contributed by atoms with Crippen molar-refractivity contribution in [2.45, 2.75) is 33.3 Å². The Kier molecular flexibility index (Phi) is 7.01. The zero-order valence-electron chi connectivity index (χ0n) is 19.0. The highest BCUT2D eigenvalue weighted by molar-refractivity contribution is 5.73. The molecule has 4 aromatic rings. The third kappa shape index (κ3) is 4.84. The van der Waals surface area contributed by atoms with Crippen molar-refractivity contribution in [3.05, 3.63) is 113 Å². The molecule has 0 aromatic heterocycles. The molecule has 0 spiro atoms. The molecule has 0 unspecified atom stereocenters. The van der Waals surface area contributed by atoms with Crippen molar-refractivity contribution >= 4 is 0 Å². The van der Waals surface area contributed by atoms with Crippen molar-refractivity contribution in [1.29, 1.82) is 0 Å². The molecule has 0 amide bonds. The molecule has 0 radical (unpaired) electrons. The van der Waals surface area contributed by atoms with Crippen LogP contribution in [-0.4, -0.2) is 0 Å². The van der Waals surface area contributed by atoms with Gasteiger partial charge in [-0.2, -0.15) is 0 Å². The third-order valence-electron chi connectivity index (χ3n) is 5.71. The maximum atomic E-state index is 15.0. The Morgan fingerprint density at radius 3 is 1.50 bits per heavy atom. The van der Waals surface area contributed by atoms with Crippen LogP contribution in [0.15, 0.2) is 72.8 Å². The van der Waals surface area contributed by atoms with Gasteiger partial charge in [0.25, 0.3) is 0 Å². The van der Waals surface area contributed by atoms with Crippen molar-refractivity contribution < 1.29 is 22.3 Å². The van der Waals surface area contributed by atoms with Crippen molar-refractivity contribution in [3.63, 3.8) is 0 Å². The zero-order valence-corrected chi connectivity index (χ0v) is 19.0. The van der Waals surface area contributed by atoms with E-state index >= 15 is 0 Å². The van der Waals surface area contributed by atoms with Crippen LogP contribution in [-0.2, 0) is 13.0 Å². The van der Waals surface area contributed by atoms with Crippen LogP contribution in [0.4, 0.5) is 17.6 Å². The Morgan fingerprint density at radius 2 is 1.03 bits per heavy atom. The maximum Gasteiger partial charge on any atom is 0.170 e. The lowest BCUT2D eigenvalue weighted by Gasteiger charge is -2.13. The molecule has 34 heavy (non-hydrogen) atoms. The second-order valence-corrected chi connectivity index (χ2v) is 8.25. The normalized spacial score (nSPS) is 11.0. The molecule has 4 rings (SSSR count). The van der Waals surface area contributed by atoms with E-state index < -0.39 is 34.4 Å². The molecule has 0 aliphatic carbocycles. The molecule has 0 saturated heterocycles. The van der Waals surface area contributed by atoms with Crippen LogP contribution in [0.5, 0.6) is 5.75 Å². The summed E-state index contributed by atoms with van der Waals surface area (Å²) in [5.74, 6) is -5.23. The fourth-order valence-corrected chi connectivity index (χ4v) is 3.83. The molecule has 0 N–H and O–H groups in total. The quantitative estimate of drug-likeness (QED) is 0.197. The fourth-order valence-electron chi connectivity index (χ4n) is 3.83. The van der Waals surface area contributed by atoms with Gasteiger partial charge in [0.1, 0.15) is 12.4 Å². The van der Waals surface area contributed by atoms with E-state index in [2.05, 4.69) is 0 Å². The maximum absolute atomic E-state index is 15.0. The van der Waals surface area contributed by atoms with E-state index in [1.165, 1.54) is 36.4 Å². The topological polar surface area (TPSA) is 9.23 Å². The van der Waals surface area contributed by atoms with E-state index in [9.17, 15) is 17.6 Å². The highest BCUT2D eigenvalue weighted by Gasteiger charge is 2.27. The summed E-state index contributed by atoms with van der Waals surface area (Å²) in [6.07, 6.45) is 1.72.